The van der Waals surface area contributed by atoms with E-state index in [0.29, 0.717) is 0 Å². The number of hydrogen-bond donors (Lipinski definition) is 1. The van der Waals surface area contributed by atoms with E-state index < -0.39 is 0 Å². The van der Waals surface area contributed by atoms with Gasteiger partial charge < -0.3 is 15.0 Å². The lowest BCUT2D eigenvalue weighted by atomic mass is 9.77. The summed E-state index contributed by atoms with van der Waals surface area (Å²) in [5, 5.41) is 3.43. The zero-order valence-corrected chi connectivity index (χ0v) is 12.5. The number of hydrogen-bond acceptors (Lipinski definition) is 3. The highest BCUT2D eigenvalue weighted by Gasteiger charge is 2.40. The van der Waals surface area contributed by atoms with Crippen LogP contribution in [0.4, 0.5) is 0 Å². The first-order valence-electron chi connectivity index (χ1n) is 8.37. The van der Waals surface area contributed by atoms with Crippen molar-refractivity contribution < 1.29 is 4.74 Å². The Kier molecular flexibility index (Phi) is 4.45. The molecule has 1 aliphatic carbocycles. The van der Waals surface area contributed by atoms with Crippen LogP contribution >= 0.6 is 0 Å². The van der Waals surface area contributed by atoms with Gasteiger partial charge in [-0.25, -0.2) is 0 Å². The van der Waals surface area contributed by atoms with Crippen molar-refractivity contribution in [1.82, 2.24) is 10.2 Å². The summed E-state index contributed by atoms with van der Waals surface area (Å²) in [6, 6.07) is 1.55. The summed E-state index contributed by atoms with van der Waals surface area (Å²) in [7, 11) is 2.10. The quantitative estimate of drug-likeness (QED) is 0.831. The molecule has 2 aliphatic heterocycles. The minimum absolute atomic E-state index is 0.265. The fourth-order valence-corrected chi connectivity index (χ4v) is 4.41. The molecule has 1 atom stereocenters. The van der Waals surface area contributed by atoms with Crippen LogP contribution in [0.2, 0.25) is 0 Å². The van der Waals surface area contributed by atoms with E-state index in [-0.39, 0.29) is 5.60 Å². The van der Waals surface area contributed by atoms with Gasteiger partial charge in [0, 0.05) is 18.7 Å². The van der Waals surface area contributed by atoms with E-state index in [9.17, 15) is 0 Å². The number of piperidine rings is 1. The van der Waals surface area contributed by atoms with Gasteiger partial charge in [0.15, 0.2) is 0 Å². The first-order chi connectivity index (χ1) is 9.31. The molecule has 19 heavy (non-hydrogen) atoms. The Bertz CT molecular complexity index is 275. The third-order valence-electron chi connectivity index (χ3n) is 5.69. The van der Waals surface area contributed by atoms with E-state index in [1.165, 1.54) is 70.9 Å². The highest BCUT2D eigenvalue weighted by molar-refractivity contribution is 4.94. The molecule has 0 aromatic carbocycles. The summed E-state index contributed by atoms with van der Waals surface area (Å²) in [6.07, 6.45) is 12.0. The fraction of sp³-hybridized carbons (Fsp3) is 1.00. The molecule has 2 saturated heterocycles. The minimum Gasteiger partial charge on any atom is -0.375 e. The molecule has 1 spiro atoms. The Hall–Kier alpha value is -0.120. The number of likely N-dealkylation sites (tertiary alicyclic amines) is 1. The van der Waals surface area contributed by atoms with Gasteiger partial charge in [-0.05, 0) is 58.7 Å². The van der Waals surface area contributed by atoms with Crippen LogP contribution in [-0.4, -0.2) is 49.3 Å². The van der Waals surface area contributed by atoms with Gasteiger partial charge in [-0.3, -0.25) is 0 Å². The smallest absolute Gasteiger partial charge is 0.0697 e. The lowest BCUT2D eigenvalue weighted by Gasteiger charge is -2.48. The first-order valence-corrected chi connectivity index (χ1v) is 8.37. The zero-order chi connectivity index (χ0) is 13.1. The number of ether oxygens (including phenoxy) is 1. The van der Waals surface area contributed by atoms with E-state index in [1.807, 2.05) is 0 Å². The molecule has 1 N–H and O–H groups in total. The predicted molar refractivity (Wildman–Crippen MR) is 78.4 cm³/mol. The van der Waals surface area contributed by atoms with Crippen molar-refractivity contribution in [3.05, 3.63) is 0 Å². The van der Waals surface area contributed by atoms with Gasteiger partial charge in [0.25, 0.3) is 0 Å². The van der Waals surface area contributed by atoms with Gasteiger partial charge in [0.05, 0.1) is 5.60 Å². The number of nitrogens with zero attached hydrogens (tertiary/aromatic N) is 1. The maximum Gasteiger partial charge on any atom is 0.0697 e. The van der Waals surface area contributed by atoms with E-state index in [2.05, 4.69) is 17.3 Å². The Morgan fingerprint density at radius 2 is 1.79 bits per heavy atom. The zero-order valence-electron chi connectivity index (χ0n) is 12.5. The van der Waals surface area contributed by atoms with Gasteiger partial charge in [-0.1, -0.05) is 19.3 Å². The van der Waals surface area contributed by atoms with Crippen molar-refractivity contribution in [2.24, 2.45) is 0 Å². The maximum atomic E-state index is 6.23. The molecule has 0 bridgehead atoms. The maximum absolute atomic E-state index is 6.23. The molecular weight excluding hydrogens is 236 g/mol. The van der Waals surface area contributed by atoms with E-state index >= 15 is 0 Å². The third-order valence-corrected chi connectivity index (χ3v) is 5.69. The average Bonchev–Trinajstić information content (AvgIpc) is 2.48. The molecule has 3 aliphatic rings. The van der Waals surface area contributed by atoms with Crippen molar-refractivity contribution in [2.45, 2.75) is 75.5 Å². The van der Waals surface area contributed by atoms with Gasteiger partial charge in [-0.2, -0.15) is 0 Å². The van der Waals surface area contributed by atoms with Gasteiger partial charge in [-0.15, -0.1) is 0 Å². The molecule has 0 radical (unpaired) electrons. The summed E-state index contributed by atoms with van der Waals surface area (Å²) in [5.41, 5.74) is 0.265. The van der Waals surface area contributed by atoms with Crippen LogP contribution in [0.15, 0.2) is 0 Å². The molecule has 3 heteroatoms. The van der Waals surface area contributed by atoms with E-state index in [1.54, 1.807) is 0 Å². The summed E-state index contributed by atoms with van der Waals surface area (Å²) in [6.45, 7) is 3.56. The van der Waals surface area contributed by atoms with Crippen LogP contribution in [0, 0.1) is 0 Å². The van der Waals surface area contributed by atoms with Crippen molar-refractivity contribution in [3.8, 4) is 0 Å². The summed E-state index contributed by atoms with van der Waals surface area (Å²) in [4.78, 5) is 2.76. The van der Waals surface area contributed by atoms with Crippen LogP contribution in [-0.2, 0) is 4.74 Å². The second kappa shape index (κ2) is 6.11. The van der Waals surface area contributed by atoms with E-state index in [4.69, 9.17) is 4.74 Å². The predicted octanol–water partition coefficient (Wildman–Crippen LogP) is 2.55. The van der Waals surface area contributed by atoms with Crippen LogP contribution in [0.25, 0.3) is 0 Å². The summed E-state index contributed by atoms with van der Waals surface area (Å²) >= 11 is 0. The molecule has 3 fully saturated rings. The molecule has 1 unspecified atom stereocenters. The fourth-order valence-electron chi connectivity index (χ4n) is 4.41. The second-order valence-electron chi connectivity index (χ2n) is 6.84. The van der Waals surface area contributed by atoms with Crippen LogP contribution < -0.4 is 5.32 Å². The largest absolute Gasteiger partial charge is 0.375 e. The Morgan fingerprint density at radius 3 is 2.47 bits per heavy atom. The molecular formula is C16H30N2O. The SMILES string of the molecule is CNC1CCN(C2CCOC3(CCCCC3)C2)CC1. The Morgan fingerprint density at radius 1 is 1.05 bits per heavy atom. The standard InChI is InChI=1S/C16H30N2O/c1-17-14-5-10-18(11-6-14)15-7-12-19-16(13-15)8-3-2-4-9-16/h14-15,17H,2-13H2,1H3. The molecule has 0 amide bonds. The van der Waals surface area contributed by atoms with Crippen molar-refractivity contribution >= 4 is 0 Å². The second-order valence-corrected chi connectivity index (χ2v) is 6.84. The normalized spacial score (nSPS) is 33.6. The van der Waals surface area contributed by atoms with Crippen LogP contribution in [0.3, 0.4) is 0 Å². The average molecular weight is 266 g/mol. The molecule has 0 aromatic heterocycles. The van der Waals surface area contributed by atoms with Gasteiger partial charge in [0.2, 0.25) is 0 Å². The van der Waals surface area contributed by atoms with Crippen LogP contribution in [0.5, 0.6) is 0 Å². The summed E-state index contributed by atoms with van der Waals surface area (Å²) < 4.78 is 6.23. The van der Waals surface area contributed by atoms with E-state index in [0.717, 1.165) is 18.7 Å². The Balaban J connectivity index is 1.56. The van der Waals surface area contributed by atoms with Gasteiger partial charge >= 0.3 is 0 Å². The van der Waals surface area contributed by atoms with Crippen molar-refractivity contribution in [1.29, 1.82) is 0 Å². The third kappa shape index (κ3) is 3.14. The van der Waals surface area contributed by atoms with Crippen LogP contribution in [0.1, 0.15) is 57.8 Å². The highest BCUT2D eigenvalue weighted by atomic mass is 16.5. The van der Waals surface area contributed by atoms with Crippen molar-refractivity contribution in [3.63, 3.8) is 0 Å². The first kappa shape index (κ1) is 13.8. The molecule has 3 nitrogen and oxygen atoms in total. The molecule has 2 heterocycles. The minimum atomic E-state index is 0.265. The number of nitrogens with one attached hydrogen (secondary N) is 1. The Labute approximate surface area is 118 Å². The molecule has 110 valence electrons. The molecule has 3 rings (SSSR count). The van der Waals surface area contributed by atoms with Gasteiger partial charge in [0.1, 0.15) is 0 Å². The topological polar surface area (TPSA) is 24.5 Å². The summed E-state index contributed by atoms with van der Waals surface area (Å²) in [5.74, 6) is 0. The highest BCUT2D eigenvalue weighted by Crippen LogP contribution is 2.40. The molecule has 0 aromatic rings. The molecule has 1 saturated carbocycles. The number of rotatable bonds is 2. The monoisotopic (exact) mass is 266 g/mol. The lowest BCUT2D eigenvalue weighted by Crippen LogP contribution is -2.52. The van der Waals surface area contributed by atoms with Crippen molar-refractivity contribution in [2.75, 3.05) is 26.7 Å². The lowest BCUT2D eigenvalue weighted by molar-refractivity contribution is -0.126.